The average molecular weight is 241 g/mol. The van der Waals surface area contributed by atoms with Gasteiger partial charge in [0.05, 0.1) is 5.56 Å². The van der Waals surface area contributed by atoms with Crippen molar-refractivity contribution in [2.24, 2.45) is 0 Å². The molecule has 0 fully saturated rings. The lowest BCUT2D eigenvalue weighted by Crippen LogP contribution is -1.93. The first-order valence-electron chi connectivity index (χ1n) is 3.06. The van der Waals surface area contributed by atoms with Gasteiger partial charge in [-0.1, -0.05) is 18.2 Å². The normalized spacial score (nSPS) is 8.85. The van der Waals surface area contributed by atoms with Gasteiger partial charge in [0, 0.05) is 21.4 Å². The van der Waals surface area contributed by atoms with E-state index in [1.165, 1.54) is 0 Å². The second-order valence-corrected chi connectivity index (χ2v) is 4.38. The fourth-order valence-electron chi connectivity index (χ4n) is 0.581. The zero-order chi connectivity index (χ0) is 10.3. The highest BCUT2D eigenvalue weighted by atomic mass is 36.0. The van der Waals surface area contributed by atoms with E-state index in [-0.39, 0.29) is 0 Å². The smallest absolute Gasteiger partial charge is 0.335 e. The highest BCUT2D eigenvalue weighted by Crippen LogP contribution is 1.96. The van der Waals surface area contributed by atoms with Crippen molar-refractivity contribution in [3.05, 3.63) is 35.9 Å². The topological polar surface area (TPSA) is 54.4 Å². The van der Waals surface area contributed by atoms with Crippen molar-refractivity contribution in [2.75, 3.05) is 0 Å². The molecule has 13 heavy (non-hydrogen) atoms. The molecule has 0 saturated carbocycles. The van der Waals surface area contributed by atoms with Crippen molar-refractivity contribution < 1.29 is 14.1 Å². The van der Waals surface area contributed by atoms with E-state index in [0.29, 0.717) is 5.56 Å². The van der Waals surface area contributed by atoms with Crippen LogP contribution < -0.4 is 0 Å². The Bertz CT molecular complexity index is 285. The Morgan fingerprint density at radius 2 is 1.62 bits per heavy atom. The molecule has 0 amide bonds. The molecule has 0 radical (unpaired) electrons. The number of carboxylic acid groups (broad SMARTS) is 1. The Morgan fingerprint density at radius 3 is 1.85 bits per heavy atom. The lowest BCUT2D eigenvalue weighted by Gasteiger charge is -1.88. The highest BCUT2D eigenvalue weighted by Gasteiger charge is 1.96. The Hall–Kier alpha value is -0.580. The van der Waals surface area contributed by atoms with Crippen LogP contribution in [-0.2, 0) is 9.23 Å². The number of hydrogen-bond donors (Lipinski definition) is 1. The van der Waals surface area contributed by atoms with Gasteiger partial charge in [0.1, 0.15) is 0 Å². The standard InChI is InChI=1S/C7H6O2.Cl2OS/c8-7(9)6-4-2-1-3-5-6;1-4(2)3/h1-5H,(H,8,9);. The largest absolute Gasteiger partial charge is 0.478 e. The lowest BCUT2D eigenvalue weighted by atomic mass is 10.2. The van der Waals surface area contributed by atoms with Crippen LogP contribution in [0.25, 0.3) is 0 Å². The molecule has 72 valence electrons. The van der Waals surface area contributed by atoms with Crippen molar-refractivity contribution in [1.29, 1.82) is 0 Å². The van der Waals surface area contributed by atoms with Crippen LogP contribution in [0.4, 0.5) is 0 Å². The molecule has 3 nitrogen and oxygen atoms in total. The van der Waals surface area contributed by atoms with Crippen molar-refractivity contribution >= 4 is 36.6 Å². The molecule has 0 aromatic heterocycles. The minimum absolute atomic E-state index is 0.331. The number of carboxylic acids is 1. The third-order valence-corrected chi connectivity index (χ3v) is 1.02. The number of halogens is 2. The summed E-state index contributed by atoms with van der Waals surface area (Å²) in [6.07, 6.45) is 0. The van der Waals surface area contributed by atoms with Gasteiger partial charge in [-0.25, -0.2) is 9.00 Å². The number of benzene rings is 1. The summed E-state index contributed by atoms with van der Waals surface area (Å²) in [4.78, 5) is 10.2. The SMILES string of the molecule is O=C(O)c1ccccc1.O=S(Cl)Cl. The van der Waals surface area contributed by atoms with E-state index in [9.17, 15) is 4.79 Å². The Morgan fingerprint density at radius 1 is 1.23 bits per heavy atom. The first-order chi connectivity index (χ1) is 6.04. The third-order valence-electron chi connectivity index (χ3n) is 1.02. The fraction of sp³-hybridized carbons (Fsp3) is 0. The Labute approximate surface area is 86.7 Å². The first kappa shape index (κ1) is 12.4. The molecule has 0 saturated heterocycles. The minimum atomic E-state index is -1.67. The molecule has 0 atom stereocenters. The van der Waals surface area contributed by atoms with Crippen LogP contribution in [0.2, 0.25) is 0 Å². The summed E-state index contributed by atoms with van der Waals surface area (Å²) < 4.78 is 9.09. The van der Waals surface area contributed by atoms with Crippen molar-refractivity contribution in [3.63, 3.8) is 0 Å². The fourth-order valence-corrected chi connectivity index (χ4v) is 0.581. The van der Waals surface area contributed by atoms with E-state index in [2.05, 4.69) is 21.4 Å². The van der Waals surface area contributed by atoms with Crippen LogP contribution in [0.3, 0.4) is 0 Å². The molecule has 0 bridgehead atoms. The minimum Gasteiger partial charge on any atom is -0.478 e. The molecule has 0 spiro atoms. The molecule has 0 aliphatic rings. The van der Waals surface area contributed by atoms with Crippen molar-refractivity contribution in [1.82, 2.24) is 0 Å². The number of aromatic carboxylic acids is 1. The average Bonchev–Trinajstić information content (AvgIpc) is 2.05. The second kappa shape index (κ2) is 6.88. The molecule has 1 aromatic carbocycles. The van der Waals surface area contributed by atoms with Crippen LogP contribution in [0, 0.1) is 0 Å². The summed E-state index contributed by atoms with van der Waals surface area (Å²) in [5, 5.41) is 8.38. The second-order valence-electron chi connectivity index (χ2n) is 1.86. The number of hydrogen-bond acceptors (Lipinski definition) is 2. The maximum atomic E-state index is 10.2. The zero-order valence-corrected chi connectivity index (χ0v) is 8.64. The molecule has 0 aliphatic heterocycles. The number of rotatable bonds is 1. The monoisotopic (exact) mass is 240 g/mol. The molecule has 0 aliphatic carbocycles. The Kier molecular flexibility index (Phi) is 6.58. The summed E-state index contributed by atoms with van der Waals surface area (Å²) in [6.45, 7) is 0. The molecule has 6 heteroatoms. The van der Waals surface area contributed by atoms with Gasteiger partial charge in [-0.15, -0.1) is 0 Å². The summed E-state index contributed by atoms with van der Waals surface area (Å²) in [7, 11) is 7.36. The van der Waals surface area contributed by atoms with E-state index in [0.717, 1.165) is 0 Å². The van der Waals surface area contributed by atoms with E-state index < -0.39 is 15.2 Å². The highest BCUT2D eigenvalue weighted by molar-refractivity contribution is 8.26. The molecule has 0 heterocycles. The third kappa shape index (κ3) is 7.77. The van der Waals surface area contributed by atoms with Gasteiger partial charge in [0.25, 0.3) is 0 Å². The van der Waals surface area contributed by atoms with Gasteiger partial charge in [-0.3, -0.25) is 0 Å². The molecule has 1 N–H and O–H groups in total. The maximum Gasteiger partial charge on any atom is 0.335 e. The van der Waals surface area contributed by atoms with Gasteiger partial charge in [0.15, 0.2) is 0 Å². The van der Waals surface area contributed by atoms with Crippen LogP contribution in [0.1, 0.15) is 10.4 Å². The molecule has 0 unspecified atom stereocenters. The quantitative estimate of drug-likeness (QED) is 0.768. The van der Waals surface area contributed by atoms with E-state index in [1.54, 1.807) is 30.3 Å². The van der Waals surface area contributed by atoms with Crippen molar-refractivity contribution in [2.45, 2.75) is 0 Å². The van der Waals surface area contributed by atoms with Crippen LogP contribution in [-0.4, -0.2) is 15.3 Å². The van der Waals surface area contributed by atoms with Crippen molar-refractivity contribution in [3.8, 4) is 0 Å². The summed E-state index contributed by atoms with van der Waals surface area (Å²) in [5.74, 6) is -0.879. The summed E-state index contributed by atoms with van der Waals surface area (Å²) in [6, 6.07) is 8.30. The lowest BCUT2D eigenvalue weighted by molar-refractivity contribution is 0.0697. The van der Waals surface area contributed by atoms with Crippen LogP contribution >= 0.6 is 21.4 Å². The van der Waals surface area contributed by atoms with E-state index in [1.807, 2.05) is 0 Å². The first-order valence-corrected chi connectivity index (χ1v) is 5.87. The molecule has 1 aromatic rings. The summed E-state index contributed by atoms with van der Waals surface area (Å²) >= 11 is 0. The predicted octanol–water partition coefficient (Wildman–Crippen LogP) is 2.43. The van der Waals surface area contributed by atoms with Gasteiger partial charge in [0.2, 0.25) is 9.23 Å². The van der Waals surface area contributed by atoms with Gasteiger partial charge in [-0.2, -0.15) is 0 Å². The van der Waals surface area contributed by atoms with Crippen LogP contribution in [0.15, 0.2) is 30.3 Å². The van der Waals surface area contributed by atoms with Gasteiger partial charge in [-0.05, 0) is 12.1 Å². The molecular formula is C7H6Cl2O3S. The number of carbonyl (C=O) groups is 1. The predicted molar refractivity (Wildman–Crippen MR) is 53.2 cm³/mol. The van der Waals surface area contributed by atoms with E-state index in [4.69, 9.17) is 9.32 Å². The van der Waals surface area contributed by atoms with Crippen LogP contribution in [0.5, 0.6) is 0 Å². The van der Waals surface area contributed by atoms with E-state index >= 15 is 0 Å². The summed E-state index contributed by atoms with van der Waals surface area (Å²) in [5.41, 5.74) is 0.331. The Balaban J connectivity index is 0.000000310. The van der Waals surface area contributed by atoms with Gasteiger partial charge >= 0.3 is 5.97 Å². The zero-order valence-electron chi connectivity index (χ0n) is 6.31. The molecule has 1 rings (SSSR count). The molecular weight excluding hydrogens is 235 g/mol. The van der Waals surface area contributed by atoms with Gasteiger partial charge < -0.3 is 5.11 Å². The maximum absolute atomic E-state index is 10.2.